The molecule has 2 aliphatic rings. The van der Waals surface area contributed by atoms with Crippen molar-refractivity contribution < 1.29 is 14.6 Å². The second kappa shape index (κ2) is 9.23. The summed E-state index contributed by atoms with van der Waals surface area (Å²) in [6, 6.07) is 0. The van der Waals surface area contributed by atoms with Crippen molar-refractivity contribution >= 4 is 11.9 Å². The number of carbonyl (C=O) groups excluding carboxylic acids is 1. The van der Waals surface area contributed by atoms with Crippen molar-refractivity contribution in [2.24, 2.45) is 0 Å². The van der Waals surface area contributed by atoms with E-state index >= 15 is 0 Å². The predicted octanol–water partition coefficient (Wildman–Crippen LogP) is 1.98. The van der Waals surface area contributed by atoms with Crippen molar-refractivity contribution in [2.75, 3.05) is 38.7 Å². The normalized spacial score (nSPS) is 21.0. The number of carbonyl (C=O) groups is 1. The van der Waals surface area contributed by atoms with Crippen LogP contribution >= 0.6 is 0 Å². The summed E-state index contributed by atoms with van der Waals surface area (Å²) < 4.78 is 6.05. The van der Waals surface area contributed by atoms with Crippen LogP contribution in [-0.4, -0.2) is 75.2 Å². The summed E-state index contributed by atoms with van der Waals surface area (Å²) >= 11 is 0. The molecule has 3 heterocycles. The second-order valence-electron chi connectivity index (χ2n) is 8.65. The third kappa shape index (κ3) is 4.99. The lowest BCUT2D eigenvalue weighted by molar-refractivity contribution is -0.145. The zero-order valence-electron chi connectivity index (χ0n) is 18.2. The molecule has 31 heavy (non-hydrogen) atoms. The van der Waals surface area contributed by atoms with Crippen LogP contribution in [0.2, 0.25) is 0 Å². The summed E-state index contributed by atoms with van der Waals surface area (Å²) in [4.78, 5) is 34.1. The summed E-state index contributed by atoms with van der Waals surface area (Å²) in [6.07, 6.45) is 10.9. The number of ether oxygens (including phenoxy) is 1. The van der Waals surface area contributed by atoms with Crippen molar-refractivity contribution in [3.63, 3.8) is 0 Å². The molecule has 2 fully saturated rings. The topological polar surface area (TPSA) is 105 Å². The van der Waals surface area contributed by atoms with E-state index in [0.717, 1.165) is 30.4 Å². The van der Waals surface area contributed by atoms with Gasteiger partial charge in [0.15, 0.2) is 0 Å². The van der Waals surface area contributed by atoms with E-state index in [1.807, 2.05) is 19.0 Å². The lowest BCUT2D eigenvalue weighted by atomic mass is 9.82. The average molecular weight is 427 g/mol. The first kappa shape index (κ1) is 21.6. The highest BCUT2D eigenvalue weighted by Crippen LogP contribution is 2.34. The molecule has 1 saturated carbocycles. The van der Waals surface area contributed by atoms with E-state index in [1.54, 1.807) is 23.5 Å². The fourth-order valence-electron chi connectivity index (χ4n) is 4.33. The van der Waals surface area contributed by atoms with Crippen molar-refractivity contribution in [3.8, 4) is 11.1 Å². The molecule has 1 aliphatic carbocycles. The zero-order valence-corrected chi connectivity index (χ0v) is 18.2. The van der Waals surface area contributed by atoms with Crippen molar-refractivity contribution in [1.29, 1.82) is 0 Å². The molecule has 4 rings (SSSR count). The van der Waals surface area contributed by atoms with E-state index in [2.05, 4.69) is 15.0 Å². The smallest absolute Gasteiger partial charge is 0.225 e. The Morgan fingerprint density at radius 1 is 1.23 bits per heavy atom. The Morgan fingerprint density at radius 3 is 2.68 bits per heavy atom. The number of morpholine rings is 1. The van der Waals surface area contributed by atoms with Gasteiger partial charge in [0, 0.05) is 50.4 Å². The first-order valence-corrected chi connectivity index (χ1v) is 10.9. The first-order valence-electron chi connectivity index (χ1n) is 10.9. The van der Waals surface area contributed by atoms with E-state index in [1.165, 1.54) is 6.33 Å². The maximum absolute atomic E-state index is 13.0. The van der Waals surface area contributed by atoms with Gasteiger partial charge in [-0.3, -0.25) is 4.79 Å². The Morgan fingerprint density at radius 2 is 1.97 bits per heavy atom. The van der Waals surface area contributed by atoms with Gasteiger partial charge in [-0.15, -0.1) is 0 Å². The monoisotopic (exact) mass is 426 g/mol. The summed E-state index contributed by atoms with van der Waals surface area (Å²) in [7, 11) is 3.76. The van der Waals surface area contributed by atoms with Gasteiger partial charge in [-0.25, -0.2) is 19.9 Å². The van der Waals surface area contributed by atoms with Gasteiger partial charge in [-0.05, 0) is 12.8 Å². The predicted molar refractivity (Wildman–Crippen MR) is 115 cm³/mol. The van der Waals surface area contributed by atoms with Crippen LogP contribution < -0.4 is 4.90 Å². The highest BCUT2D eigenvalue weighted by molar-refractivity contribution is 5.77. The summed E-state index contributed by atoms with van der Waals surface area (Å²) in [6.45, 7) is 1.32. The molecule has 0 radical (unpaired) electrons. The van der Waals surface area contributed by atoms with Crippen LogP contribution in [0.1, 0.15) is 50.3 Å². The SMILES string of the molecule is CN(C)c1ncc(-c2cncnc2)c([C@@H]2CN(C(=O)CC3(O)CCCCC3)CCO2)n1. The highest BCUT2D eigenvalue weighted by atomic mass is 16.5. The molecule has 0 unspecified atom stereocenters. The minimum atomic E-state index is -0.872. The summed E-state index contributed by atoms with van der Waals surface area (Å²) in [5.41, 5.74) is 1.42. The minimum Gasteiger partial charge on any atom is -0.389 e. The van der Waals surface area contributed by atoms with Gasteiger partial charge in [0.2, 0.25) is 11.9 Å². The molecule has 2 aromatic rings. The zero-order chi connectivity index (χ0) is 21.8. The Balaban J connectivity index is 1.57. The van der Waals surface area contributed by atoms with E-state index in [4.69, 9.17) is 9.72 Å². The molecule has 1 N–H and O–H groups in total. The molecule has 1 aliphatic heterocycles. The highest BCUT2D eigenvalue weighted by Gasteiger charge is 2.36. The van der Waals surface area contributed by atoms with E-state index in [0.29, 0.717) is 44.2 Å². The van der Waals surface area contributed by atoms with E-state index in [-0.39, 0.29) is 12.3 Å². The fraction of sp³-hybridized carbons (Fsp3) is 0.591. The number of hydrogen-bond acceptors (Lipinski definition) is 8. The Bertz CT molecular complexity index is 901. The van der Waals surface area contributed by atoms with Gasteiger partial charge in [-0.1, -0.05) is 19.3 Å². The van der Waals surface area contributed by atoms with Crippen molar-refractivity contribution in [1.82, 2.24) is 24.8 Å². The number of rotatable bonds is 5. The molecule has 1 amide bonds. The molecule has 0 aromatic carbocycles. The van der Waals surface area contributed by atoms with Crippen LogP contribution in [0.5, 0.6) is 0 Å². The molecule has 0 spiro atoms. The maximum Gasteiger partial charge on any atom is 0.225 e. The molecule has 9 heteroatoms. The molecule has 0 bridgehead atoms. The maximum atomic E-state index is 13.0. The molecule has 1 atom stereocenters. The molecular weight excluding hydrogens is 396 g/mol. The van der Waals surface area contributed by atoms with Crippen LogP contribution in [0.15, 0.2) is 24.9 Å². The van der Waals surface area contributed by atoms with E-state index in [9.17, 15) is 9.90 Å². The lowest BCUT2D eigenvalue weighted by Gasteiger charge is -2.37. The van der Waals surface area contributed by atoms with Gasteiger partial charge in [0.05, 0.1) is 30.9 Å². The molecule has 2 aromatic heterocycles. The Kier molecular flexibility index (Phi) is 6.43. The van der Waals surface area contributed by atoms with Gasteiger partial charge < -0.3 is 19.6 Å². The number of aromatic nitrogens is 4. The summed E-state index contributed by atoms with van der Waals surface area (Å²) in [5.74, 6) is 0.545. The van der Waals surface area contributed by atoms with Gasteiger partial charge in [0.1, 0.15) is 12.4 Å². The van der Waals surface area contributed by atoms with Gasteiger partial charge in [-0.2, -0.15) is 0 Å². The summed E-state index contributed by atoms with van der Waals surface area (Å²) in [5, 5.41) is 10.8. The van der Waals surface area contributed by atoms with Gasteiger partial charge in [0.25, 0.3) is 0 Å². The number of nitrogens with zero attached hydrogens (tertiary/aromatic N) is 6. The van der Waals surface area contributed by atoms with Crippen LogP contribution in [0.3, 0.4) is 0 Å². The number of amides is 1. The number of hydrogen-bond donors (Lipinski definition) is 1. The van der Waals surface area contributed by atoms with Crippen LogP contribution in [0.25, 0.3) is 11.1 Å². The third-order valence-electron chi connectivity index (χ3n) is 6.07. The van der Waals surface area contributed by atoms with Crippen molar-refractivity contribution in [3.05, 3.63) is 30.6 Å². The van der Waals surface area contributed by atoms with Crippen LogP contribution in [0.4, 0.5) is 5.95 Å². The third-order valence-corrected chi connectivity index (χ3v) is 6.07. The molecule has 1 saturated heterocycles. The van der Waals surface area contributed by atoms with Crippen LogP contribution in [0, 0.1) is 0 Å². The molecule has 9 nitrogen and oxygen atoms in total. The average Bonchev–Trinajstić information content (AvgIpc) is 2.79. The largest absolute Gasteiger partial charge is 0.389 e. The fourth-order valence-corrected chi connectivity index (χ4v) is 4.33. The Hall–Kier alpha value is -2.65. The molecule has 166 valence electrons. The van der Waals surface area contributed by atoms with Gasteiger partial charge >= 0.3 is 0 Å². The number of anilines is 1. The Labute approximate surface area is 182 Å². The van der Waals surface area contributed by atoms with Crippen LogP contribution in [-0.2, 0) is 9.53 Å². The number of aliphatic hydroxyl groups is 1. The van der Waals surface area contributed by atoms with E-state index < -0.39 is 11.7 Å². The minimum absolute atomic E-state index is 0.0239. The quantitative estimate of drug-likeness (QED) is 0.774. The molecular formula is C22H30N6O3. The lowest BCUT2D eigenvalue weighted by Crippen LogP contribution is -2.46. The second-order valence-corrected chi connectivity index (χ2v) is 8.65. The van der Waals surface area contributed by atoms with Crippen molar-refractivity contribution in [2.45, 2.75) is 50.2 Å². The standard InChI is InChI=1S/C22H30N6O3/c1-27(2)21-25-13-17(16-11-23-15-24-12-16)20(26-21)18-14-28(8-9-31-18)19(29)10-22(30)6-4-3-5-7-22/h11-13,15,18,30H,3-10,14H2,1-2H3/t18-/m0/s1. The first-order chi connectivity index (χ1) is 15.0.